The Balaban J connectivity index is 2.31. The lowest BCUT2D eigenvalue weighted by atomic mass is 9.87. The van der Waals surface area contributed by atoms with Crippen LogP contribution in [0.4, 0.5) is 5.69 Å². The fourth-order valence-electron chi connectivity index (χ4n) is 2.48. The zero-order valence-corrected chi connectivity index (χ0v) is 10.0. The van der Waals surface area contributed by atoms with Gasteiger partial charge in [-0.1, -0.05) is 0 Å². The van der Waals surface area contributed by atoms with E-state index in [0.717, 1.165) is 24.5 Å². The van der Waals surface area contributed by atoms with E-state index in [2.05, 4.69) is 18.3 Å². The van der Waals surface area contributed by atoms with Crippen molar-refractivity contribution in [2.24, 2.45) is 0 Å². The number of ether oxygens (including phenoxy) is 1. The first-order chi connectivity index (χ1) is 7.72. The Morgan fingerprint density at radius 1 is 1.31 bits per heavy atom. The summed E-state index contributed by atoms with van der Waals surface area (Å²) in [5.74, 6) is 1.45. The van der Waals surface area contributed by atoms with Crippen LogP contribution in [0.5, 0.6) is 5.75 Å². The summed E-state index contributed by atoms with van der Waals surface area (Å²) in [6, 6.07) is 4.14. The molecule has 1 fully saturated rings. The molecule has 0 unspecified atom stereocenters. The van der Waals surface area contributed by atoms with E-state index in [0.29, 0.717) is 5.92 Å². The molecule has 1 aliphatic rings. The number of hydrogen-bond donors (Lipinski definition) is 2. The maximum absolute atomic E-state index is 5.89. The second-order valence-electron chi connectivity index (χ2n) is 4.48. The summed E-state index contributed by atoms with van der Waals surface area (Å²) in [6.07, 6.45) is 2.40. The fourth-order valence-corrected chi connectivity index (χ4v) is 2.48. The van der Waals surface area contributed by atoms with Gasteiger partial charge in [0.2, 0.25) is 0 Å². The van der Waals surface area contributed by atoms with Crippen LogP contribution in [0.1, 0.15) is 29.9 Å². The zero-order valence-electron chi connectivity index (χ0n) is 10.0. The molecule has 0 amide bonds. The number of nitrogens with two attached hydrogens (primary N) is 1. The summed E-state index contributed by atoms with van der Waals surface area (Å²) in [4.78, 5) is 0. The number of nitrogen functional groups attached to an aromatic ring is 1. The zero-order chi connectivity index (χ0) is 11.5. The van der Waals surface area contributed by atoms with Crippen molar-refractivity contribution in [3.8, 4) is 5.75 Å². The average molecular weight is 220 g/mol. The Morgan fingerprint density at radius 3 is 2.62 bits per heavy atom. The largest absolute Gasteiger partial charge is 0.495 e. The molecule has 0 atom stereocenters. The highest BCUT2D eigenvalue weighted by Crippen LogP contribution is 2.33. The minimum atomic E-state index is 0.649. The van der Waals surface area contributed by atoms with Gasteiger partial charge in [-0.2, -0.15) is 0 Å². The van der Waals surface area contributed by atoms with Crippen LogP contribution < -0.4 is 15.8 Å². The molecule has 0 saturated carbocycles. The molecular weight excluding hydrogens is 200 g/mol. The standard InChI is InChI=1S/C13H20N2O/c1-9-7-12(14)13(16-2)8-11(9)10-3-5-15-6-4-10/h7-8,10,15H,3-6,14H2,1-2H3. The Morgan fingerprint density at radius 2 is 2.00 bits per heavy atom. The van der Waals surface area contributed by atoms with E-state index >= 15 is 0 Å². The van der Waals surface area contributed by atoms with E-state index in [1.807, 2.05) is 6.07 Å². The van der Waals surface area contributed by atoms with E-state index in [9.17, 15) is 0 Å². The maximum atomic E-state index is 5.89. The summed E-state index contributed by atoms with van der Waals surface area (Å²) >= 11 is 0. The van der Waals surface area contributed by atoms with Crippen molar-refractivity contribution in [1.82, 2.24) is 5.32 Å². The van der Waals surface area contributed by atoms with E-state index < -0.39 is 0 Å². The average Bonchev–Trinajstić information content (AvgIpc) is 2.30. The Bertz CT molecular complexity index is 370. The van der Waals surface area contributed by atoms with Gasteiger partial charge in [-0.3, -0.25) is 0 Å². The first-order valence-electron chi connectivity index (χ1n) is 5.87. The van der Waals surface area contributed by atoms with Crippen molar-refractivity contribution >= 4 is 5.69 Å². The molecule has 1 aromatic carbocycles. The molecule has 0 spiro atoms. The molecule has 1 aliphatic heterocycles. The summed E-state index contributed by atoms with van der Waals surface area (Å²) in [6.45, 7) is 4.35. The highest BCUT2D eigenvalue weighted by molar-refractivity contribution is 5.57. The van der Waals surface area contributed by atoms with Crippen molar-refractivity contribution < 1.29 is 4.74 Å². The van der Waals surface area contributed by atoms with Crippen LogP contribution in [0.3, 0.4) is 0 Å². The van der Waals surface area contributed by atoms with E-state index in [1.165, 1.54) is 24.0 Å². The van der Waals surface area contributed by atoms with Crippen LogP contribution in [0.2, 0.25) is 0 Å². The second-order valence-corrected chi connectivity index (χ2v) is 4.48. The van der Waals surface area contributed by atoms with E-state index in [-0.39, 0.29) is 0 Å². The molecule has 3 N–H and O–H groups in total. The van der Waals surface area contributed by atoms with Gasteiger partial charge in [-0.05, 0) is 62.0 Å². The maximum Gasteiger partial charge on any atom is 0.142 e. The van der Waals surface area contributed by atoms with Crippen LogP contribution in [-0.4, -0.2) is 20.2 Å². The molecule has 0 bridgehead atoms. The Hall–Kier alpha value is -1.22. The number of nitrogens with one attached hydrogen (secondary N) is 1. The topological polar surface area (TPSA) is 47.3 Å². The predicted molar refractivity (Wildman–Crippen MR) is 67.0 cm³/mol. The van der Waals surface area contributed by atoms with Gasteiger partial charge >= 0.3 is 0 Å². The van der Waals surface area contributed by atoms with E-state index in [4.69, 9.17) is 10.5 Å². The Labute approximate surface area is 97.0 Å². The van der Waals surface area contributed by atoms with Crippen LogP contribution in [0.15, 0.2) is 12.1 Å². The van der Waals surface area contributed by atoms with Gasteiger partial charge in [-0.15, -0.1) is 0 Å². The number of aryl methyl sites for hydroxylation is 1. The van der Waals surface area contributed by atoms with Crippen LogP contribution in [0.25, 0.3) is 0 Å². The second kappa shape index (κ2) is 4.74. The van der Waals surface area contributed by atoms with E-state index in [1.54, 1.807) is 7.11 Å². The normalized spacial score (nSPS) is 17.4. The highest BCUT2D eigenvalue weighted by Gasteiger charge is 2.18. The number of rotatable bonds is 2. The molecule has 1 saturated heterocycles. The first kappa shape index (κ1) is 11.3. The minimum absolute atomic E-state index is 0.649. The molecule has 0 aromatic heterocycles. The Kier molecular flexibility index (Phi) is 3.34. The van der Waals surface area contributed by atoms with Gasteiger partial charge in [-0.25, -0.2) is 0 Å². The first-order valence-corrected chi connectivity index (χ1v) is 5.87. The molecule has 0 aliphatic carbocycles. The third-order valence-corrected chi connectivity index (χ3v) is 3.40. The number of anilines is 1. The number of methoxy groups -OCH3 is 1. The predicted octanol–water partition coefficient (Wildman–Crippen LogP) is 2.05. The lowest BCUT2D eigenvalue weighted by molar-refractivity contribution is 0.413. The van der Waals surface area contributed by atoms with Crippen LogP contribution >= 0.6 is 0 Å². The number of hydrogen-bond acceptors (Lipinski definition) is 3. The molecule has 3 nitrogen and oxygen atoms in total. The van der Waals surface area contributed by atoms with Crippen LogP contribution in [0, 0.1) is 6.92 Å². The van der Waals surface area contributed by atoms with Gasteiger partial charge < -0.3 is 15.8 Å². The molecule has 88 valence electrons. The SMILES string of the molecule is COc1cc(C2CCNCC2)c(C)cc1N. The third kappa shape index (κ3) is 2.14. The smallest absolute Gasteiger partial charge is 0.142 e. The van der Waals surface area contributed by atoms with Crippen molar-refractivity contribution in [3.05, 3.63) is 23.3 Å². The van der Waals surface area contributed by atoms with Crippen molar-refractivity contribution in [2.75, 3.05) is 25.9 Å². The fraction of sp³-hybridized carbons (Fsp3) is 0.538. The van der Waals surface area contributed by atoms with Gasteiger partial charge in [0.1, 0.15) is 5.75 Å². The van der Waals surface area contributed by atoms with Gasteiger partial charge in [0.15, 0.2) is 0 Å². The van der Waals surface area contributed by atoms with Gasteiger partial charge in [0.05, 0.1) is 12.8 Å². The molecule has 1 heterocycles. The van der Waals surface area contributed by atoms with Crippen molar-refractivity contribution in [3.63, 3.8) is 0 Å². The monoisotopic (exact) mass is 220 g/mol. The van der Waals surface area contributed by atoms with Gasteiger partial charge in [0.25, 0.3) is 0 Å². The van der Waals surface area contributed by atoms with Crippen LogP contribution in [-0.2, 0) is 0 Å². The lowest BCUT2D eigenvalue weighted by Gasteiger charge is -2.25. The molecule has 16 heavy (non-hydrogen) atoms. The molecule has 0 radical (unpaired) electrons. The summed E-state index contributed by atoms with van der Waals surface area (Å²) in [5.41, 5.74) is 9.31. The van der Waals surface area contributed by atoms with Crippen molar-refractivity contribution in [1.29, 1.82) is 0 Å². The molecule has 2 rings (SSSR count). The lowest BCUT2D eigenvalue weighted by Crippen LogP contribution is -2.27. The molecular formula is C13H20N2O. The quantitative estimate of drug-likeness (QED) is 0.750. The summed E-state index contributed by atoms with van der Waals surface area (Å²) in [5, 5.41) is 3.39. The van der Waals surface area contributed by atoms with Gasteiger partial charge in [0, 0.05) is 0 Å². The number of piperidine rings is 1. The minimum Gasteiger partial charge on any atom is -0.495 e. The number of benzene rings is 1. The third-order valence-electron chi connectivity index (χ3n) is 3.40. The summed E-state index contributed by atoms with van der Waals surface area (Å²) < 4.78 is 5.29. The molecule has 3 heteroatoms. The highest BCUT2D eigenvalue weighted by atomic mass is 16.5. The van der Waals surface area contributed by atoms with Crippen molar-refractivity contribution in [2.45, 2.75) is 25.7 Å². The molecule has 1 aromatic rings. The summed E-state index contributed by atoms with van der Waals surface area (Å²) in [7, 11) is 1.67.